The predicted octanol–water partition coefficient (Wildman–Crippen LogP) is 4.02. The Bertz CT molecular complexity index is 986. The van der Waals surface area contributed by atoms with E-state index in [1.807, 2.05) is 0 Å². The van der Waals surface area contributed by atoms with Gasteiger partial charge in [0, 0.05) is 25.9 Å². The minimum atomic E-state index is -0.488. The number of nitrogens with zero attached hydrogens (tertiary/aromatic N) is 2. The SMILES string of the molecule is O=C(COc1ccccc1F)N1CCC(Oc2nc3ccc(F)cc3s2)CC1. The van der Waals surface area contributed by atoms with Crippen LogP contribution in [0.2, 0.25) is 0 Å². The number of rotatable bonds is 5. The largest absolute Gasteiger partial charge is 0.481 e. The van der Waals surface area contributed by atoms with Crippen LogP contribution in [0.3, 0.4) is 0 Å². The molecular formula is C20H18F2N2O3S. The van der Waals surface area contributed by atoms with Gasteiger partial charge in [-0.2, -0.15) is 0 Å². The van der Waals surface area contributed by atoms with Crippen molar-refractivity contribution in [3.05, 3.63) is 54.1 Å². The summed E-state index contributed by atoms with van der Waals surface area (Å²) < 4.78 is 38.8. The van der Waals surface area contributed by atoms with Crippen LogP contribution < -0.4 is 9.47 Å². The number of fused-ring (bicyclic) bond motifs is 1. The maximum Gasteiger partial charge on any atom is 0.274 e. The van der Waals surface area contributed by atoms with E-state index in [1.54, 1.807) is 23.1 Å². The first kappa shape index (κ1) is 18.6. The lowest BCUT2D eigenvalue weighted by Crippen LogP contribution is -2.43. The molecule has 5 nitrogen and oxygen atoms in total. The molecule has 2 aromatic carbocycles. The average Bonchev–Trinajstić information content (AvgIpc) is 3.09. The van der Waals surface area contributed by atoms with E-state index in [0.29, 0.717) is 36.6 Å². The third kappa shape index (κ3) is 4.22. The first-order valence-electron chi connectivity index (χ1n) is 8.96. The third-order valence-corrected chi connectivity index (χ3v) is 5.49. The maximum absolute atomic E-state index is 13.5. The molecule has 0 saturated carbocycles. The summed E-state index contributed by atoms with van der Waals surface area (Å²) in [4.78, 5) is 18.3. The Morgan fingerprint density at radius 2 is 1.96 bits per heavy atom. The van der Waals surface area contributed by atoms with E-state index in [2.05, 4.69) is 4.98 Å². The van der Waals surface area contributed by atoms with Crippen LogP contribution in [0.15, 0.2) is 42.5 Å². The zero-order valence-electron chi connectivity index (χ0n) is 14.9. The Labute approximate surface area is 164 Å². The number of likely N-dealkylation sites (tertiary alicyclic amines) is 1. The van der Waals surface area contributed by atoms with Crippen molar-refractivity contribution in [3.63, 3.8) is 0 Å². The summed E-state index contributed by atoms with van der Waals surface area (Å²) in [6.07, 6.45) is 1.27. The number of carbonyl (C=O) groups is 1. The highest BCUT2D eigenvalue weighted by Gasteiger charge is 2.25. The number of ether oxygens (including phenoxy) is 2. The molecule has 1 fully saturated rings. The molecule has 0 unspecified atom stereocenters. The topological polar surface area (TPSA) is 51.7 Å². The van der Waals surface area contributed by atoms with Crippen LogP contribution in [-0.4, -0.2) is 41.6 Å². The molecule has 3 aromatic rings. The smallest absolute Gasteiger partial charge is 0.274 e. The molecule has 0 bridgehead atoms. The Morgan fingerprint density at radius 3 is 2.75 bits per heavy atom. The van der Waals surface area contributed by atoms with Gasteiger partial charge in [-0.25, -0.2) is 13.8 Å². The van der Waals surface area contributed by atoms with E-state index in [4.69, 9.17) is 9.47 Å². The third-order valence-electron chi connectivity index (χ3n) is 4.58. The molecular weight excluding hydrogens is 386 g/mol. The highest BCUT2D eigenvalue weighted by atomic mass is 32.1. The molecule has 1 saturated heterocycles. The highest BCUT2D eigenvalue weighted by molar-refractivity contribution is 7.20. The van der Waals surface area contributed by atoms with Crippen molar-refractivity contribution < 1.29 is 23.0 Å². The first-order valence-corrected chi connectivity index (χ1v) is 9.78. The molecule has 0 radical (unpaired) electrons. The molecule has 0 N–H and O–H groups in total. The van der Waals surface area contributed by atoms with Crippen molar-refractivity contribution >= 4 is 27.5 Å². The second-order valence-electron chi connectivity index (χ2n) is 6.51. The molecule has 146 valence electrons. The van der Waals surface area contributed by atoms with Gasteiger partial charge in [-0.15, -0.1) is 0 Å². The van der Waals surface area contributed by atoms with Crippen molar-refractivity contribution in [1.82, 2.24) is 9.88 Å². The Kier molecular flexibility index (Phi) is 5.38. The van der Waals surface area contributed by atoms with Gasteiger partial charge in [0.05, 0.1) is 10.2 Å². The number of hydrogen-bond donors (Lipinski definition) is 0. The molecule has 0 spiro atoms. The molecule has 1 amide bonds. The number of aromatic nitrogens is 1. The minimum absolute atomic E-state index is 0.0538. The normalized spacial score (nSPS) is 15.0. The molecule has 1 aliphatic heterocycles. The van der Waals surface area contributed by atoms with Crippen molar-refractivity contribution in [3.8, 4) is 10.9 Å². The van der Waals surface area contributed by atoms with Gasteiger partial charge in [-0.3, -0.25) is 4.79 Å². The second-order valence-corrected chi connectivity index (χ2v) is 7.50. The van der Waals surface area contributed by atoms with E-state index in [0.717, 1.165) is 4.70 Å². The van der Waals surface area contributed by atoms with Gasteiger partial charge in [0.25, 0.3) is 11.1 Å². The quantitative estimate of drug-likeness (QED) is 0.645. The summed E-state index contributed by atoms with van der Waals surface area (Å²) in [6.45, 7) is 0.864. The summed E-state index contributed by atoms with van der Waals surface area (Å²) in [5.41, 5.74) is 0.708. The monoisotopic (exact) mass is 404 g/mol. The van der Waals surface area contributed by atoms with Gasteiger partial charge >= 0.3 is 0 Å². The highest BCUT2D eigenvalue weighted by Crippen LogP contribution is 2.30. The Hall–Kier alpha value is -2.74. The molecule has 2 heterocycles. The van der Waals surface area contributed by atoms with Crippen LogP contribution in [-0.2, 0) is 4.79 Å². The minimum Gasteiger partial charge on any atom is -0.481 e. The summed E-state index contributed by atoms with van der Waals surface area (Å²) in [7, 11) is 0. The number of benzene rings is 2. The first-order chi connectivity index (χ1) is 13.6. The van der Waals surface area contributed by atoms with E-state index in [9.17, 15) is 13.6 Å². The Balaban J connectivity index is 1.27. The van der Waals surface area contributed by atoms with Crippen LogP contribution in [0, 0.1) is 11.6 Å². The van der Waals surface area contributed by atoms with Gasteiger partial charge in [0.2, 0.25) is 0 Å². The fraction of sp³-hybridized carbons (Fsp3) is 0.300. The lowest BCUT2D eigenvalue weighted by molar-refractivity contribution is -0.135. The van der Waals surface area contributed by atoms with Crippen LogP contribution >= 0.6 is 11.3 Å². The van der Waals surface area contributed by atoms with Gasteiger partial charge in [-0.1, -0.05) is 23.5 Å². The Morgan fingerprint density at radius 1 is 1.18 bits per heavy atom. The average molecular weight is 404 g/mol. The zero-order valence-corrected chi connectivity index (χ0v) is 15.8. The van der Waals surface area contributed by atoms with Gasteiger partial charge in [0.1, 0.15) is 11.9 Å². The molecule has 1 aromatic heterocycles. The fourth-order valence-corrected chi connectivity index (χ4v) is 3.99. The molecule has 4 rings (SSSR count). The summed E-state index contributed by atoms with van der Waals surface area (Å²) in [5, 5.41) is 0.508. The summed E-state index contributed by atoms with van der Waals surface area (Å²) >= 11 is 1.31. The number of piperidine rings is 1. The number of carbonyl (C=O) groups excluding carboxylic acids is 1. The van der Waals surface area contributed by atoms with E-state index in [-0.39, 0.29) is 30.2 Å². The van der Waals surface area contributed by atoms with Crippen molar-refractivity contribution in [2.45, 2.75) is 18.9 Å². The summed E-state index contributed by atoms with van der Waals surface area (Å²) in [6, 6.07) is 10.4. The van der Waals surface area contributed by atoms with Crippen molar-refractivity contribution in [2.24, 2.45) is 0 Å². The number of hydrogen-bond acceptors (Lipinski definition) is 5. The van der Waals surface area contributed by atoms with Crippen LogP contribution in [0.5, 0.6) is 10.9 Å². The number of amides is 1. The second kappa shape index (κ2) is 8.10. The van der Waals surface area contributed by atoms with Crippen molar-refractivity contribution in [1.29, 1.82) is 0 Å². The zero-order chi connectivity index (χ0) is 19.5. The summed E-state index contributed by atoms with van der Waals surface area (Å²) in [5.74, 6) is -0.899. The fourth-order valence-electron chi connectivity index (χ4n) is 3.09. The number of halogens is 2. The molecule has 1 aliphatic rings. The van der Waals surface area contributed by atoms with Crippen molar-refractivity contribution in [2.75, 3.05) is 19.7 Å². The van der Waals surface area contributed by atoms with Crippen LogP contribution in [0.4, 0.5) is 8.78 Å². The lowest BCUT2D eigenvalue weighted by atomic mass is 10.1. The van der Waals surface area contributed by atoms with E-state index >= 15 is 0 Å². The molecule has 8 heteroatoms. The number of para-hydroxylation sites is 1. The van der Waals surface area contributed by atoms with Crippen LogP contribution in [0.1, 0.15) is 12.8 Å². The van der Waals surface area contributed by atoms with Crippen LogP contribution in [0.25, 0.3) is 10.2 Å². The predicted molar refractivity (Wildman–Crippen MR) is 102 cm³/mol. The van der Waals surface area contributed by atoms with E-state index < -0.39 is 5.82 Å². The van der Waals surface area contributed by atoms with Gasteiger partial charge < -0.3 is 14.4 Å². The number of thiazole rings is 1. The molecule has 28 heavy (non-hydrogen) atoms. The van der Waals surface area contributed by atoms with Gasteiger partial charge in [0.15, 0.2) is 18.2 Å². The molecule has 0 aliphatic carbocycles. The van der Waals surface area contributed by atoms with Gasteiger partial charge in [-0.05, 0) is 30.3 Å². The molecule has 0 atom stereocenters. The van der Waals surface area contributed by atoms with E-state index in [1.165, 1.54) is 35.6 Å². The standard InChI is InChI=1S/C20H18F2N2O3S/c21-13-5-6-16-18(11-13)28-20(23-16)27-14-7-9-24(10-8-14)19(25)12-26-17-4-2-1-3-15(17)22/h1-6,11,14H,7-10,12H2. The lowest BCUT2D eigenvalue weighted by Gasteiger charge is -2.31. The maximum atomic E-state index is 13.5.